The normalized spacial score (nSPS) is 10.7. The molecular formula is C18H20N4O. The highest BCUT2D eigenvalue weighted by molar-refractivity contribution is 6.00. The molecule has 0 saturated heterocycles. The average molecular weight is 308 g/mol. The lowest BCUT2D eigenvalue weighted by Gasteiger charge is -2.12. The van der Waals surface area contributed by atoms with Crippen molar-refractivity contribution in [2.24, 2.45) is 0 Å². The second-order valence-corrected chi connectivity index (χ2v) is 5.68. The van der Waals surface area contributed by atoms with Crippen molar-refractivity contribution < 1.29 is 4.79 Å². The summed E-state index contributed by atoms with van der Waals surface area (Å²) in [6.07, 6.45) is 0.435. The molecule has 2 N–H and O–H groups in total. The van der Waals surface area contributed by atoms with Gasteiger partial charge in [-0.25, -0.2) is 0 Å². The van der Waals surface area contributed by atoms with Crippen LogP contribution in [0.4, 0.5) is 11.5 Å². The number of hydrogen-bond acceptors (Lipinski definition) is 3. The monoisotopic (exact) mass is 308 g/mol. The predicted molar refractivity (Wildman–Crippen MR) is 94.8 cm³/mol. The summed E-state index contributed by atoms with van der Waals surface area (Å²) >= 11 is 0. The molecule has 0 aliphatic rings. The van der Waals surface area contributed by atoms with Gasteiger partial charge in [0, 0.05) is 31.6 Å². The maximum Gasteiger partial charge on any atom is 0.225 e. The standard InChI is InChI=1S/C18H20N4O/c1-4-17(23)19-18-15-10-7-13(11-16(15)20-21-18)12-5-8-14(9-6-12)22(2)3/h5-11H,4H2,1-3H3,(H2,19,20,21,23). The lowest BCUT2D eigenvalue weighted by molar-refractivity contribution is -0.115. The molecule has 0 unspecified atom stereocenters. The molecule has 0 bridgehead atoms. The van der Waals surface area contributed by atoms with Crippen LogP contribution in [0.25, 0.3) is 22.0 Å². The lowest BCUT2D eigenvalue weighted by atomic mass is 10.0. The topological polar surface area (TPSA) is 61.0 Å². The summed E-state index contributed by atoms with van der Waals surface area (Å²) in [6, 6.07) is 14.5. The fourth-order valence-corrected chi connectivity index (χ4v) is 2.47. The molecule has 0 atom stereocenters. The van der Waals surface area contributed by atoms with E-state index in [0.717, 1.165) is 22.0 Å². The van der Waals surface area contributed by atoms with Crippen molar-refractivity contribution in [1.82, 2.24) is 10.2 Å². The minimum absolute atomic E-state index is 0.0400. The highest BCUT2D eigenvalue weighted by Crippen LogP contribution is 2.28. The SMILES string of the molecule is CCC(=O)Nc1n[nH]c2cc(-c3ccc(N(C)C)cc3)ccc12. The highest BCUT2D eigenvalue weighted by Gasteiger charge is 2.09. The number of carbonyl (C=O) groups excluding carboxylic acids is 1. The van der Waals surface area contributed by atoms with Crippen molar-refractivity contribution in [3.8, 4) is 11.1 Å². The Kier molecular flexibility index (Phi) is 4.02. The molecule has 5 nitrogen and oxygen atoms in total. The number of aromatic nitrogens is 2. The van der Waals surface area contributed by atoms with Crippen LogP contribution in [0, 0.1) is 0 Å². The van der Waals surface area contributed by atoms with Crippen molar-refractivity contribution in [3.63, 3.8) is 0 Å². The fourth-order valence-electron chi connectivity index (χ4n) is 2.47. The second-order valence-electron chi connectivity index (χ2n) is 5.68. The molecule has 0 aliphatic carbocycles. The number of H-pyrrole nitrogens is 1. The average Bonchev–Trinajstić information content (AvgIpc) is 2.97. The van der Waals surface area contributed by atoms with Crippen LogP contribution in [0.5, 0.6) is 0 Å². The molecule has 5 heteroatoms. The van der Waals surface area contributed by atoms with Gasteiger partial charge in [-0.05, 0) is 35.4 Å². The Labute approximate surface area is 135 Å². The van der Waals surface area contributed by atoms with E-state index in [9.17, 15) is 4.79 Å². The number of fused-ring (bicyclic) bond motifs is 1. The predicted octanol–water partition coefficient (Wildman–Crippen LogP) is 3.64. The Morgan fingerprint density at radius 2 is 1.83 bits per heavy atom. The third-order valence-corrected chi connectivity index (χ3v) is 3.86. The number of nitrogens with one attached hydrogen (secondary N) is 2. The third kappa shape index (κ3) is 3.04. The minimum Gasteiger partial charge on any atom is -0.378 e. The van der Waals surface area contributed by atoms with Gasteiger partial charge in [0.2, 0.25) is 5.91 Å². The molecule has 0 saturated carbocycles. The molecule has 1 amide bonds. The number of anilines is 2. The largest absolute Gasteiger partial charge is 0.378 e. The molecule has 0 spiro atoms. The van der Waals surface area contributed by atoms with E-state index in [0.29, 0.717) is 12.2 Å². The van der Waals surface area contributed by atoms with Crippen LogP contribution in [0.1, 0.15) is 13.3 Å². The number of amides is 1. The van der Waals surface area contributed by atoms with Crippen LogP contribution in [0.15, 0.2) is 42.5 Å². The van der Waals surface area contributed by atoms with Crippen molar-refractivity contribution in [2.45, 2.75) is 13.3 Å². The van der Waals surface area contributed by atoms with Crippen molar-refractivity contribution in [3.05, 3.63) is 42.5 Å². The van der Waals surface area contributed by atoms with Gasteiger partial charge in [-0.1, -0.05) is 25.1 Å². The molecule has 118 valence electrons. The quantitative estimate of drug-likeness (QED) is 0.773. The summed E-state index contributed by atoms with van der Waals surface area (Å²) in [5.74, 6) is 0.545. The lowest BCUT2D eigenvalue weighted by Crippen LogP contribution is -2.09. The van der Waals surface area contributed by atoms with Gasteiger partial charge < -0.3 is 10.2 Å². The number of aromatic amines is 1. The maximum absolute atomic E-state index is 11.5. The zero-order chi connectivity index (χ0) is 16.4. The van der Waals surface area contributed by atoms with E-state index >= 15 is 0 Å². The van der Waals surface area contributed by atoms with E-state index in [1.165, 1.54) is 5.69 Å². The molecule has 0 radical (unpaired) electrons. The van der Waals surface area contributed by atoms with Gasteiger partial charge in [-0.3, -0.25) is 9.89 Å². The van der Waals surface area contributed by atoms with Crippen LogP contribution in [-0.4, -0.2) is 30.2 Å². The molecule has 0 aliphatic heterocycles. The van der Waals surface area contributed by atoms with Crippen LogP contribution in [0.2, 0.25) is 0 Å². The number of carbonyl (C=O) groups is 1. The molecule has 3 rings (SSSR count). The Bertz CT molecular complexity index is 834. The Morgan fingerprint density at radius 1 is 1.13 bits per heavy atom. The molecule has 3 aromatic rings. The first-order chi connectivity index (χ1) is 11.1. The molecule has 23 heavy (non-hydrogen) atoms. The smallest absolute Gasteiger partial charge is 0.225 e. The summed E-state index contributed by atoms with van der Waals surface area (Å²) in [5.41, 5.74) is 4.33. The van der Waals surface area contributed by atoms with Crippen molar-refractivity contribution in [1.29, 1.82) is 0 Å². The zero-order valence-corrected chi connectivity index (χ0v) is 13.6. The Hall–Kier alpha value is -2.82. The van der Waals surface area contributed by atoms with Gasteiger partial charge in [-0.15, -0.1) is 0 Å². The van der Waals surface area contributed by atoms with Gasteiger partial charge in [0.15, 0.2) is 5.82 Å². The van der Waals surface area contributed by atoms with E-state index in [-0.39, 0.29) is 5.91 Å². The molecular weight excluding hydrogens is 288 g/mol. The van der Waals surface area contributed by atoms with Gasteiger partial charge >= 0.3 is 0 Å². The summed E-state index contributed by atoms with van der Waals surface area (Å²) < 4.78 is 0. The van der Waals surface area contributed by atoms with E-state index < -0.39 is 0 Å². The van der Waals surface area contributed by atoms with Gasteiger partial charge in [0.05, 0.1) is 5.52 Å². The number of rotatable bonds is 4. The molecule has 1 aromatic heterocycles. The van der Waals surface area contributed by atoms with Crippen LogP contribution in [0.3, 0.4) is 0 Å². The summed E-state index contributed by atoms with van der Waals surface area (Å²) in [7, 11) is 4.05. The first-order valence-electron chi connectivity index (χ1n) is 7.64. The van der Waals surface area contributed by atoms with Gasteiger partial charge in [0.1, 0.15) is 0 Å². The molecule has 1 heterocycles. The first-order valence-corrected chi connectivity index (χ1v) is 7.64. The first kappa shape index (κ1) is 15.1. The van der Waals surface area contributed by atoms with E-state index in [1.807, 2.05) is 33.2 Å². The van der Waals surface area contributed by atoms with Crippen molar-refractivity contribution in [2.75, 3.05) is 24.3 Å². The van der Waals surface area contributed by atoms with Crippen molar-refractivity contribution >= 4 is 28.3 Å². The van der Waals surface area contributed by atoms with E-state index in [1.54, 1.807) is 0 Å². The van der Waals surface area contributed by atoms with Crippen LogP contribution >= 0.6 is 0 Å². The number of hydrogen-bond donors (Lipinski definition) is 2. The van der Waals surface area contributed by atoms with Gasteiger partial charge in [0.25, 0.3) is 0 Å². The van der Waals surface area contributed by atoms with Crippen LogP contribution < -0.4 is 10.2 Å². The second kappa shape index (κ2) is 6.12. The minimum atomic E-state index is -0.0400. The van der Waals surface area contributed by atoms with E-state index in [2.05, 4.69) is 50.7 Å². The Morgan fingerprint density at radius 3 is 2.48 bits per heavy atom. The summed E-state index contributed by atoms with van der Waals surface area (Å²) in [4.78, 5) is 13.6. The fraction of sp³-hybridized carbons (Fsp3) is 0.222. The van der Waals surface area contributed by atoms with Crippen LogP contribution in [-0.2, 0) is 4.79 Å². The summed E-state index contributed by atoms with van der Waals surface area (Å²) in [5, 5.41) is 10.9. The zero-order valence-electron chi connectivity index (χ0n) is 13.6. The molecule has 0 fully saturated rings. The van der Waals surface area contributed by atoms with Gasteiger partial charge in [-0.2, -0.15) is 5.10 Å². The number of benzene rings is 2. The Balaban J connectivity index is 1.93. The van der Waals surface area contributed by atoms with E-state index in [4.69, 9.17) is 0 Å². The number of nitrogens with zero attached hydrogens (tertiary/aromatic N) is 2. The summed E-state index contributed by atoms with van der Waals surface area (Å²) in [6.45, 7) is 1.82. The third-order valence-electron chi connectivity index (χ3n) is 3.86. The maximum atomic E-state index is 11.5. The highest BCUT2D eigenvalue weighted by atomic mass is 16.1. The molecule has 2 aromatic carbocycles.